The summed E-state index contributed by atoms with van der Waals surface area (Å²) in [4.78, 5) is 4.41. The molecule has 1 aromatic carbocycles. The van der Waals surface area contributed by atoms with Crippen LogP contribution in [0.4, 0.5) is 4.39 Å². The van der Waals surface area contributed by atoms with Crippen molar-refractivity contribution in [2.45, 2.75) is 33.2 Å². The number of halogens is 1. The van der Waals surface area contributed by atoms with Crippen LogP contribution in [0.25, 0.3) is 0 Å². The Bertz CT molecular complexity index is 584. The van der Waals surface area contributed by atoms with E-state index < -0.39 is 0 Å². The van der Waals surface area contributed by atoms with Gasteiger partial charge < -0.3 is 10.1 Å². The van der Waals surface area contributed by atoms with Gasteiger partial charge in [0.05, 0.1) is 11.9 Å². The van der Waals surface area contributed by atoms with E-state index >= 15 is 0 Å². The molecule has 1 aromatic heterocycles. The second-order valence-electron chi connectivity index (χ2n) is 4.93. The maximum Gasteiger partial charge on any atom is 0.168 e. The van der Waals surface area contributed by atoms with Crippen LogP contribution in [0.2, 0.25) is 0 Å². The molecule has 1 N–H and O–H groups in total. The van der Waals surface area contributed by atoms with Crippen molar-refractivity contribution in [3.8, 4) is 11.5 Å². The molecule has 0 radical (unpaired) electrons. The Morgan fingerprint density at radius 1 is 1.24 bits per heavy atom. The summed E-state index contributed by atoms with van der Waals surface area (Å²) in [6, 6.07) is 9.08. The minimum absolute atomic E-state index is 0.225. The van der Waals surface area contributed by atoms with Crippen LogP contribution < -0.4 is 10.1 Å². The maximum absolute atomic E-state index is 13.9. The first-order valence-corrected chi connectivity index (χ1v) is 7.28. The zero-order chi connectivity index (χ0) is 15.2. The highest BCUT2D eigenvalue weighted by Crippen LogP contribution is 2.26. The van der Waals surface area contributed by atoms with E-state index in [2.05, 4.69) is 24.1 Å². The van der Waals surface area contributed by atoms with Crippen LogP contribution in [0.3, 0.4) is 0 Å². The van der Waals surface area contributed by atoms with Gasteiger partial charge in [0.1, 0.15) is 5.75 Å². The number of nitrogens with one attached hydrogen (secondary N) is 1. The topological polar surface area (TPSA) is 34.1 Å². The monoisotopic (exact) mass is 288 g/mol. The third kappa shape index (κ3) is 3.79. The molecular weight excluding hydrogens is 267 g/mol. The number of benzene rings is 1. The van der Waals surface area contributed by atoms with Crippen molar-refractivity contribution in [3.05, 3.63) is 53.6 Å². The fourth-order valence-corrected chi connectivity index (χ4v) is 2.19. The molecule has 0 saturated carbocycles. The Morgan fingerprint density at radius 2 is 2.05 bits per heavy atom. The SMILES string of the molecule is CCNC(CC)c1ccc(Oc2cccc(C)c2F)cn1. The fraction of sp³-hybridized carbons (Fsp3) is 0.353. The van der Waals surface area contributed by atoms with Gasteiger partial charge in [0.2, 0.25) is 0 Å². The molecule has 1 heterocycles. The lowest BCUT2D eigenvalue weighted by atomic mass is 10.1. The first-order chi connectivity index (χ1) is 10.2. The Balaban J connectivity index is 2.14. The summed E-state index contributed by atoms with van der Waals surface area (Å²) >= 11 is 0. The molecule has 3 nitrogen and oxygen atoms in total. The largest absolute Gasteiger partial charge is 0.453 e. The molecule has 0 fully saturated rings. The third-order valence-corrected chi connectivity index (χ3v) is 3.36. The standard InChI is InChI=1S/C17H21FN2O/c1-4-14(19-5-2)15-10-9-13(11-20-15)21-16-8-6-7-12(3)17(16)18/h6-11,14,19H,4-5H2,1-3H3. The average molecular weight is 288 g/mol. The molecule has 1 atom stereocenters. The van der Waals surface area contributed by atoms with E-state index in [1.54, 1.807) is 31.3 Å². The molecule has 0 aliphatic rings. The van der Waals surface area contributed by atoms with E-state index in [0.29, 0.717) is 11.3 Å². The second kappa shape index (κ2) is 7.18. The van der Waals surface area contributed by atoms with Crippen molar-refractivity contribution in [1.29, 1.82) is 0 Å². The molecule has 0 saturated heterocycles. The summed E-state index contributed by atoms with van der Waals surface area (Å²) in [5, 5.41) is 3.37. The van der Waals surface area contributed by atoms with Crippen LogP contribution in [0.5, 0.6) is 11.5 Å². The smallest absolute Gasteiger partial charge is 0.168 e. The highest BCUT2D eigenvalue weighted by Gasteiger charge is 2.10. The molecule has 0 amide bonds. The number of aromatic nitrogens is 1. The van der Waals surface area contributed by atoms with Gasteiger partial charge in [-0.15, -0.1) is 0 Å². The van der Waals surface area contributed by atoms with Gasteiger partial charge >= 0.3 is 0 Å². The summed E-state index contributed by atoms with van der Waals surface area (Å²) < 4.78 is 19.5. The number of hydrogen-bond acceptors (Lipinski definition) is 3. The molecule has 0 aliphatic heterocycles. The summed E-state index contributed by atoms with van der Waals surface area (Å²) in [6.45, 7) is 6.79. The number of pyridine rings is 1. The zero-order valence-corrected chi connectivity index (χ0v) is 12.7. The van der Waals surface area contributed by atoms with E-state index in [0.717, 1.165) is 18.7 Å². The number of ether oxygens (including phenoxy) is 1. The summed E-state index contributed by atoms with van der Waals surface area (Å²) in [5.74, 6) is 0.429. The number of aryl methyl sites for hydroxylation is 1. The van der Waals surface area contributed by atoms with E-state index in [-0.39, 0.29) is 17.6 Å². The number of nitrogens with zero attached hydrogens (tertiary/aromatic N) is 1. The highest BCUT2D eigenvalue weighted by atomic mass is 19.1. The molecule has 4 heteroatoms. The van der Waals surface area contributed by atoms with Crippen molar-refractivity contribution in [2.75, 3.05) is 6.54 Å². The van der Waals surface area contributed by atoms with Gasteiger partial charge in [-0.1, -0.05) is 26.0 Å². The molecule has 1 unspecified atom stereocenters. The van der Waals surface area contributed by atoms with Gasteiger partial charge in [0, 0.05) is 6.04 Å². The summed E-state index contributed by atoms with van der Waals surface area (Å²) in [6.07, 6.45) is 2.60. The lowest BCUT2D eigenvalue weighted by molar-refractivity contribution is 0.437. The predicted molar refractivity (Wildman–Crippen MR) is 82.2 cm³/mol. The first-order valence-electron chi connectivity index (χ1n) is 7.28. The summed E-state index contributed by atoms with van der Waals surface area (Å²) in [5.41, 5.74) is 1.53. The number of hydrogen-bond donors (Lipinski definition) is 1. The first kappa shape index (κ1) is 15.4. The van der Waals surface area contributed by atoms with Crippen molar-refractivity contribution in [1.82, 2.24) is 10.3 Å². The Kier molecular flexibility index (Phi) is 5.28. The molecule has 21 heavy (non-hydrogen) atoms. The third-order valence-electron chi connectivity index (χ3n) is 3.36. The molecular formula is C17H21FN2O. The van der Waals surface area contributed by atoms with Gasteiger partial charge in [0.25, 0.3) is 0 Å². The normalized spacial score (nSPS) is 12.2. The van der Waals surface area contributed by atoms with Gasteiger partial charge in [-0.25, -0.2) is 4.39 Å². The van der Waals surface area contributed by atoms with Crippen LogP contribution in [-0.4, -0.2) is 11.5 Å². The molecule has 112 valence electrons. The molecule has 2 rings (SSSR count). The van der Waals surface area contributed by atoms with Crippen molar-refractivity contribution in [3.63, 3.8) is 0 Å². The van der Waals surface area contributed by atoms with Crippen LogP contribution in [-0.2, 0) is 0 Å². The van der Waals surface area contributed by atoms with Crippen LogP contribution in [0.15, 0.2) is 36.5 Å². The zero-order valence-electron chi connectivity index (χ0n) is 12.7. The Morgan fingerprint density at radius 3 is 2.67 bits per heavy atom. The average Bonchev–Trinajstić information content (AvgIpc) is 2.50. The molecule has 0 aliphatic carbocycles. The molecule has 0 spiro atoms. The number of rotatable bonds is 6. The quantitative estimate of drug-likeness (QED) is 0.856. The Hall–Kier alpha value is -1.94. The van der Waals surface area contributed by atoms with E-state index in [4.69, 9.17) is 4.74 Å². The van der Waals surface area contributed by atoms with Crippen molar-refractivity contribution < 1.29 is 9.13 Å². The minimum Gasteiger partial charge on any atom is -0.453 e. The fourth-order valence-electron chi connectivity index (χ4n) is 2.19. The lowest BCUT2D eigenvalue weighted by Crippen LogP contribution is -2.20. The van der Waals surface area contributed by atoms with E-state index in [9.17, 15) is 4.39 Å². The van der Waals surface area contributed by atoms with Crippen molar-refractivity contribution >= 4 is 0 Å². The van der Waals surface area contributed by atoms with Gasteiger partial charge in [-0.2, -0.15) is 0 Å². The van der Waals surface area contributed by atoms with Crippen molar-refractivity contribution in [2.24, 2.45) is 0 Å². The van der Waals surface area contributed by atoms with E-state index in [1.165, 1.54) is 0 Å². The van der Waals surface area contributed by atoms with Crippen LogP contribution >= 0.6 is 0 Å². The maximum atomic E-state index is 13.9. The Labute approximate surface area is 125 Å². The predicted octanol–water partition coefficient (Wildman–Crippen LogP) is 4.38. The lowest BCUT2D eigenvalue weighted by Gasteiger charge is -2.15. The minimum atomic E-state index is -0.333. The molecule has 2 aromatic rings. The van der Waals surface area contributed by atoms with E-state index in [1.807, 2.05) is 12.1 Å². The van der Waals surface area contributed by atoms with Gasteiger partial charge in [0.15, 0.2) is 11.6 Å². The van der Waals surface area contributed by atoms with Gasteiger partial charge in [-0.3, -0.25) is 4.98 Å². The molecule has 0 bridgehead atoms. The van der Waals surface area contributed by atoms with Crippen LogP contribution in [0.1, 0.15) is 37.6 Å². The van der Waals surface area contributed by atoms with Gasteiger partial charge in [-0.05, 0) is 43.7 Å². The highest BCUT2D eigenvalue weighted by molar-refractivity contribution is 5.34. The second-order valence-corrected chi connectivity index (χ2v) is 4.93. The van der Waals surface area contributed by atoms with Crippen LogP contribution in [0, 0.1) is 12.7 Å². The summed E-state index contributed by atoms with van der Waals surface area (Å²) in [7, 11) is 0.